The molecule has 2 saturated heterocycles. The standard InChI is InChI=1S/C19H29N3O3/c1-15(20-18(23)22-10-13-25-19(2,3)14-22)16-4-6-17(7-5-16)21-8-11-24-12-9-21/h4-7,15H,8-14H2,1-3H3,(H,20,23). The van der Waals surface area contributed by atoms with Gasteiger partial charge in [0.05, 0.1) is 38.0 Å². The van der Waals surface area contributed by atoms with Crippen LogP contribution in [-0.4, -0.2) is 62.5 Å². The third kappa shape index (κ3) is 4.64. The summed E-state index contributed by atoms with van der Waals surface area (Å²) in [6, 6.07) is 8.39. The number of anilines is 1. The summed E-state index contributed by atoms with van der Waals surface area (Å²) in [5.41, 5.74) is 2.04. The number of benzene rings is 1. The van der Waals surface area contributed by atoms with Crippen molar-refractivity contribution in [1.82, 2.24) is 10.2 Å². The summed E-state index contributed by atoms with van der Waals surface area (Å²) in [4.78, 5) is 16.7. The molecule has 0 saturated carbocycles. The van der Waals surface area contributed by atoms with Crippen molar-refractivity contribution in [2.24, 2.45) is 0 Å². The van der Waals surface area contributed by atoms with Gasteiger partial charge < -0.3 is 24.6 Å². The lowest BCUT2D eigenvalue weighted by Gasteiger charge is -2.38. The minimum atomic E-state index is -0.279. The first-order valence-electron chi connectivity index (χ1n) is 9.07. The number of hydrogen-bond donors (Lipinski definition) is 1. The Balaban J connectivity index is 1.57. The van der Waals surface area contributed by atoms with Crippen LogP contribution in [0.3, 0.4) is 0 Å². The fourth-order valence-corrected chi connectivity index (χ4v) is 3.35. The Kier molecular flexibility index (Phi) is 5.49. The molecule has 1 aromatic carbocycles. The molecule has 1 aromatic rings. The highest BCUT2D eigenvalue weighted by atomic mass is 16.5. The summed E-state index contributed by atoms with van der Waals surface area (Å²) in [5, 5.41) is 3.10. The van der Waals surface area contributed by atoms with E-state index < -0.39 is 0 Å². The van der Waals surface area contributed by atoms with Gasteiger partial charge in [-0.15, -0.1) is 0 Å². The van der Waals surface area contributed by atoms with Crippen molar-refractivity contribution in [3.8, 4) is 0 Å². The molecule has 6 nitrogen and oxygen atoms in total. The van der Waals surface area contributed by atoms with Crippen molar-refractivity contribution >= 4 is 11.7 Å². The third-order valence-corrected chi connectivity index (χ3v) is 4.82. The van der Waals surface area contributed by atoms with Crippen LogP contribution in [0, 0.1) is 0 Å². The van der Waals surface area contributed by atoms with Crippen LogP contribution < -0.4 is 10.2 Å². The van der Waals surface area contributed by atoms with Crippen LogP contribution in [0.4, 0.5) is 10.5 Å². The predicted octanol–water partition coefficient (Wildman–Crippen LogP) is 2.40. The van der Waals surface area contributed by atoms with E-state index in [-0.39, 0.29) is 17.7 Å². The summed E-state index contributed by atoms with van der Waals surface area (Å²) < 4.78 is 11.1. The van der Waals surface area contributed by atoms with Crippen molar-refractivity contribution in [2.75, 3.05) is 50.9 Å². The number of rotatable bonds is 3. The third-order valence-electron chi connectivity index (χ3n) is 4.82. The summed E-state index contributed by atoms with van der Waals surface area (Å²) in [6.07, 6.45) is 0. The molecule has 0 spiro atoms. The zero-order valence-electron chi connectivity index (χ0n) is 15.5. The maximum atomic E-state index is 12.5. The Bertz CT molecular complexity index is 582. The summed E-state index contributed by atoms with van der Waals surface area (Å²) >= 11 is 0. The number of nitrogens with zero attached hydrogens (tertiary/aromatic N) is 2. The molecule has 0 radical (unpaired) electrons. The van der Waals surface area contributed by atoms with Gasteiger partial charge in [-0.2, -0.15) is 0 Å². The summed E-state index contributed by atoms with van der Waals surface area (Å²) in [7, 11) is 0. The van der Waals surface area contributed by atoms with E-state index in [0.717, 1.165) is 31.9 Å². The van der Waals surface area contributed by atoms with E-state index >= 15 is 0 Å². The number of carbonyl (C=O) groups is 1. The lowest BCUT2D eigenvalue weighted by molar-refractivity contribution is -0.0735. The first-order valence-corrected chi connectivity index (χ1v) is 9.07. The number of carbonyl (C=O) groups excluding carboxylic acids is 1. The lowest BCUT2D eigenvalue weighted by atomic mass is 10.1. The van der Waals surface area contributed by atoms with Crippen molar-refractivity contribution in [3.63, 3.8) is 0 Å². The Morgan fingerprint density at radius 2 is 1.80 bits per heavy atom. The molecule has 1 unspecified atom stereocenters. The van der Waals surface area contributed by atoms with Crippen LogP contribution in [0.5, 0.6) is 0 Å². The molecule has 0 aromatic heterocycles. The molecule has 25 heavy (non-hydrogen) atoms. The number of ether oxygens (including phenoxy) is 2. The van der Waals surface area contributed by atoms with Crippen LogP contribution in [0.2, 0.25) is 0 Å². The molecule has 138 valence electrons. The predicted molar refractivity (Wildman–Crippen MR) is 98.0 cm³/mol. The first-order chi connectivity index (χ1) is 11.9. The van der Waals surface area contributed by atoms with E-state index in [1.165, 1.54) is 5.69 Å². The van der Waals surface area contributed by atoms with Gasteiger partial charge in [-0.05, 0) is 38.5 Å². The molecule has 6 heteroatoms. The molecule has 2 amide bonds. The molecular formula is C19H29N3O3. The van der Waals surface area contributed by atoms with Gasteiger partial charge in [0.2, 0.25) is 0 Å². The zero-order valence-corrected chi connectivity index (χ0v) is 15.5. The van der Waals surface area contributed by atoms with Crippen LogP contribution in [-0.2, 0) is 9.47 Å². The summed E-state index contributed by atoms with van der Waals surface area (Å²) in [5.74, 6) is 0. The lowest BCUT2D eigenvalue weighted by Crippen LogP contribution is -2.53. The Morgan fingerprint density at radius 3 is 2.44 bits per heavy atom. The summed E-state index contributed by atoms with van der Waals surface area (Å²) in [6.45, 7) is 11.3. The molecule has 0 bridgehead atoms. The Morgan fingerprint density at radius 1 is 1.12 bits per heavy atom. The van der Waals surface area contributed by atoms with Crippen LogP contribution in [0.15, 0.2) is 24.3 Å². The average molecular weight is 347 g/mol. The minimum Gasteiger partial charge on any atom is -0.378 e. The molecule has 2 aliphatic rings. The van der Waals surface area contributed by atoms with Crippen molar-refractivity contribution in [2.45, 2.75) is 32.4 Å². The highest BCUT2D eigenvalue weighted by molar-refractivity contribution is 5.75. The van der Waals surface area contributed by atoms with Crippen LogP contribution >= 0.6 is 0 Å². The van der Waals surface area contributed by atoms with E-state index in [0.29, 0.717) is 19.7 Å². The Labute approximate surface area is 150 Å². The second kappa shape index (κ2) is 7.62. The number of urea groups is 1. The number of nitrogens with one attached hydrogen (secondary N) is 1. The topological polar surface area (TPSA) is 54.0 Å². The second-order valence-corrected chi connectivity index (χ2v) is 7.39. The van der Waals surface area contributed by atoms with E-state index in [1.807, 2.05) is 25.7 Å². The number of hydrogen-bond acceptors (Lipinski definition) is 4. The van der Waals surface area contributed by atoms with Crippen molar-refractivity contribution in [1.29, 1.82) is 0 Å². The van der Waals surface area contributed by atoms with E-state index in [9.17, 15) is 4.79 Å². The second-order valence-electron chi connectivity index (χ2n) is 7.39. The van der Waals surface area contributed by atoms with Crippen LogP contribution in [0.1, 0.15) is 32.4 Å². The fourth-order valence-electron chi connectivity index (χ4n) is 3.35. The van der Waals surface area contributed by atoms with Gasteiger partial charge in [-0.1, -0.05) is 12.1 Å². The van der Waals surface area contributed by atoms with Gasteiger partial charge in [-0.3, -0.25) is 0 Å². The van der Waals surface area contributed by atoms with Crippen molar-refractivity contribution in [3.05, 3.63) is 29.8 Å². The van der Waals surface area contributed by atoms with E-state index in [4.69, 9.17) is 9.47 Å². The highest BCUT2D eigenvalue weighted by Gasteiger charge is 2.30. The van der Waals surface area contributed by atoms with Gasteiger partial charge in [0.15, 0.2) is 0 Å². The highest BCUT2D eigenvalue weighted by Crippen LogP contribution is 2.21. The first kappa shape index (κ1) is 18.0. The van der Waals surface area contributed by atoms with Gasteiger partial charge in [0, 0.05) is 25.3 Å². The maximum absolute atomic E-state index is 12.5. The molecule has 3 rings (SSSR count). The van der Waals surface area contributed by atoms with Gasteiger partial charge in [0.1, 0.15) is 0 Å². The Hall–Kier alpha value is -1.79. The van der Waals surface area contributed by atoms with E-state index in [1.54, 1.807) is 0 Å². The molecule has 2 fully saturated rings. The molecule has 1 atom stereocenters. The normalized spacial score (nSPS) is 21.7. The van der Waals surface area contributed by atoms with Gasteiger partial charge >= 0.3 is 6.03 Å². The van der Waals surface area contributed by atoms with Crippen LogP contribution in [0.25, 0.3) is 0 Å². The monoisotopic (exact) mass is 347 g/mol. The fraction of sp³-hybridized carbons (Fsp3) is 0.632. The smallest absolute Gasteiger partial charge is 0.318 e. The van der Waals surface area contributed by atoms with Gasteiger partial charge in [-0.25, -0.2) is 4.79 Å². The SMILES string of the molecule is CC(NC(=O)N1CCOC(C)(C)C1)c1ccc(N2CCOCC2)cc1. The molecule has 1 N–H and O–H groups in total. The minimum absolute atomic E-state index is 0.0267. The zero-order chi connectivity index (χ0) is 17.9. The molecule has 0 aliphatic carbocycles. The van der Waals surface area contributed by atoms with Gasteiger partial charge in [0.25, 0.3) is 0 Å². The average Bonchev–Trinajstić information content (AvgIpc) is 2.61. The quantitative estimate of drug-likeness (QED) is 0.912. The molecule has 2 aliphatic heterocycles. The number of amides is 2. The molecule has 2 heterocycles. The largest absolute Gasteiger partial charge is 0.378 e. The van der Waals surface area contributed by atoms with Crippen molar-refractivity contribution < 1.29 is 14.3 Å². The molecular weight excluding hydrogens is 318 g/mol. The maximum Gasteiger partial charge on any atom is 0.318 e. The number of morpholine rings is 2. The van der Waals surface area contributed by atoms with E-state index in [2.05, 4.69) is 34.5 Å².